The Labute approximate surface area is 176 Å². The minimum atomic E-state index is -0.163. The van der Waals surface area contributed by atoms with Gasteiger partial charge in [-0.3, -0.25) is 4.79 Å². The summed E-state index contributed by atoms with van der Waals surface area (Å²) in [5.41, 5.74) is 3.57. The topological polar surface area (TPSA) is 67.4 Å². The molecule has 1 aromatic heterocycles. The van der Waals surface area contributed by atoms with Crippen molar-refractivity contribution in [3.63, 3.8) is 0 Å². The minimum absolute atomic E-state index is 0.00565. The normalized spacial score (nSPS) is 14.9. The third-order valence-corrected chi connectivity index (χ3v) is 5.36. The number of carbonyl (C=O) groups excluding carboxylic acids is 1. The number of aromatic nitrogens is 2. The summed E-state index contributed by atoms with van der Waals surface area (Å²) in [6.45, 7) is 5.15. The van der Waals surface area contributed by atoms with E-state index in [0.29, 0.717) is 0 Å². The molecule has 2 aromatic carbocycles. The van der Waals surface area contributed by atoms with Crippen molar-refractivity contribution in [1.82, 2.24) is 10.2 Å². The Bertz CT molecular complexity index is 953. The molecule has 0 saturated carbocycles. The lowest BCUT2D eigenvalue weighted by molar-refractivity contribution is -0.117. The minimum Gasteiger partial charge on any atom is -0.378 e. The lowest BCUT2D eigenvalue weighted by atomic mass is 9.95. The van der Waals surface area contributed by atoms with Gasteiger partial charge in [-0.15, -0.1) is 10.2 Å². The number of nitrogens with zero attached hydrogens (tertiary/aromatic N) is 3. The van der Waals surface area contributed by atoms with E-state index in [-0.39, 0.29) is 11.8 Å². The van der Waals surface area contributed by atoms with Crippen molar-refractivity contribution in [2.24, 2.45) is 0 Å². The van der Waals surface area contributed by atoms with Crippen molar-refractivity contribution in [2.45, 2.75) is 19.3 Å². The molecule has 0 bridgehead atoms. The molecule has 0 unspecified atom stereocenters. The van der Waals surface area contributed by atoms with Crippen molar-refractivity contribution in [3.05, 3.63) is 72.3 Å². The van der Waals surface area contributed by atoms with E-state index in [4.69, 9.17) is 4.74 Å². The summed E-state index contributed by atoms with van der Waals surface area (Å²) in [6.07, 6.45) is 0.749. The van der Waals surface area contributed by atoms with Gasteiger partial charge in [-0.1, -0.05) is 49.4 Å². The molecule has 1 amide bonds. The molecule has 1 aliphatic heterocycles. The molecule has 0 spiro atoms. The van der Waals surface area contributed by atoms with Crippen molar-refractivity contribution in [1.29, 1.82) is 0 Å². The van der Waals surface area contributed by atoms with E-state index in [9.17, 15) is 4.79 Å². The van der Waals surface area contributed by atoms with Crippen LogP contribution in [0, 0.1) is 0 Å². The number of amides is 1. The average molecular weight is 402 g/mol. The van der Waals surface area contributed by atoms with Crippen LogP contribution in [0.25, 0.3) is 11.3 Å². The van der Waals surface area contributed by atoms with Crippen LogP contribution in [0.5, 0.6) is 0 Å². The van der Waals surface area contributed by atoms with Crippen molar-refractivity contribution in [2.75, 3.05) is 36.5 Å². The van der Waals surface area contributed by atoms with Gasteiger partial charge in [-0.2, -0.15) is 0 Å². The molecule has 0 radical (unpaired) electrons. The summed E-state index contributed by atoms with van der Waals surface area (Å²) in [5, 5.41) is 11.8. The predicted octanol–water partition coefficient (Wildman–Crippen LogP) is 4.11. The second kappa shape index (κ2) is 9.50. The molecule has 154 valence electrons. The number of nitrogens with one attached hydrogen (secondary N) is 1. The van der Waals surface area contributed by atoms with E-state index in [2.05, 4.69) is 20.4 Å². The van der Waals surface area contributed by atoms with E-state index in [1.165, 1.54) is 0 Å². The van der Waals surface area contributed by atoms with Crippen molar-refractivity contribution >= 4 is 17.4 Å². The smallest absolute Gasteiger partial charge is 0.231 e. The van der Waals surface area contributed by atoms with Crippen LogP contribution in [0.2, 0.25) is 0 Å². The van der Waals surface area contributed by atoms with E-state index < -0.39 is 0 Å². The summed E-state index contributed by atoms with van der Waals surface area (Å²) >= 11 is 0. The van der Waals surface area contributed by atoms with E-state index in [1.54, 1.807) is 0 Å². The summed E-state index contributed by atoms with van der Waals surface area (Å²) < 4.78 is 5.38. The SMILES string of the molecule is CC[C@@H](C(=O)Nc1ccc(-c2ccc(N3CCOCC3)nn2)cc1)c1ccccc1. The molecule has 2 heterocycles. The van der Waals surface area contributed by atoms with E-state index >= 15 is 0 Å². The molecular formula is C24H26N4O2. The zero-order valence-corrected chi connectivity index (χ0v) is 17.1. The number of rotatable bonds is 6. The first-order valence-corrected chi connectivity index (χ1v) is 10.4. The first kappa shape index (κ1) is 20.0. The number of hydrogen-bond acceptors (Lipinski definition) is 5. The maximum atomic E-state index is 12.7. The zero-order chi connectivity index (χ0) is 20.8. The van der Waals surface area contributed by atoms with Gasteiger partial charge in [0.25, 0.3) is 0 Å². The van der Waals surface area contributed by atoms with Gasteiger partial charge in [0.2, 0.25) is 5.91 Å². The number of hydrogen-bond donors (Lipinski definition) is 1. The molecule has 3 aromatic rings. The van der Waals surface area contributed by atoms with Crippen LogP contribution in [0.4, 0.5) is 11.5 Å². The van der Waals surface area contributed by atoms with Crippen LogP contribution in [-0.4, -0.2) is 42.4 Å². The first-order valence-electron chi connectivity index (χ1n) is 10.4. The number of morpholine rings is 1. The lowest BCUT2D eigenvalue weighted by Gasteiger charge is -2.27. The first-order chi connectivity index (χ1) is 14.7. The van der Waals surface area contributed by atoms with Gasteiger partial charge in [-0.05, 0) is 36.2 Å². The Morgan fingerprint density at radius 2 is 1.73 bits per heavy atom. The fourth-order valence-corrected chi connectivity index (χ4v) is 3.65. The second-order valence-electron chi connectivity index (χ2n) is 7.31. The highest BCUT2D eigenvalue weighted by molar-refractivity contribution is 5.96. The number of anilines is 2. The summed E-state index contributed by atoms with van der Waals surface area (Å²) in [7, 11) is 0. The molecule has 6 heteroatoms. The molecule has 4 rings (SSSR count). The lowest BCUT2D eigenvalue weighted by Crippen LogP contribution is -2.36. The van der Waals surface area contributed by atoms with Crippen molar-refractivity contribution < 1.29 is 9.53 Å². The van der Waals surface area contributed by atoms with Gasteiger partial charge in [-0.25, -0.2) is 0 Å². The molecule has 1 atom stereocenters. The molecule has 0 aliphatic carbocycles. The predicted molar refractivity (Wildman–Crippen MR) is 119 cm³/mol. The molecule has 30 heavy (non-hydrogen) atoms. The van der Waals surface area contributed by atoms with Crippen LogP contribution in [0.1, 0.15) is 24.8 Å². The maximum absolute atomic E-state index is 12.7. The second-order valence-corrected chi connectivity index (χ2v) is 7.31. The average Bonchev–Trinajstić information content (AvgIpc) is 2.81. The molecule has 1 fully saturated rings. The summed E-state index contributed by atoms with van der Waals surface area (Å²) in [5.74, 6) is 0.716. The monoisotopic (exact) mass is 402 g/mol. The molecule has 6 nitrogen and oxygen atoms in total. The Morgan fingerprint density at radius 3 is 2.37 bits per heavy atom. The fraction of sp³-hybridized carbons (Fsp3) is 0.292. The van der Waals surface area contributed by atoms with Gasteiger partial charge >= 0.3 is 0 Å². The Hall–Kier alpha value is -3.25. The third kappa shape index (κ3) is 4.66. The quantitative estimate of drug-likeness (QED) is 0.672. The van der Waals surface area contributed by atoms with Gasteiger partial charge in [0.05, 0.1) is 24.8 Å². The highest BCUT2D eigenvalue weighted by Gasteiger charge is 2.18. The fourth-order valence-electron chi connectivity index (χ4n) is 3.65. The van der Waals surface area contributed by atoms with Crippen LogP contribution in [0.15, 0.2) is 66.7 Å². The van der Waals surface area contributed by atoms with Gasteiger partial charge in [0, 0.05) is 24.3 Å². The van der Waals surface area contributed by atoms with Gasteiger partial charge in [0.15, 0.2) is 5.82 Å². The zero-order valence-electron chi connectivity index (χ0n) is 17.1. The standard InChI is InChI=1S/C24H26N4O2/c1-2-21(18-6-4-3-5-7-18)24(29)25-20-10-8-19(9-11-20)22-12-13-23(27-26-22)28-14-16-30-17-15-28/h3-13,21H,2,14-17H2,1H3,(H,25,29)/t21-/m1/s1. The Morgan fingerprint density at radius 1 is 1.00 bits per heavy atom. The van der Waals surface area contributed by atoms with E-state index in [0.717, 1.165) is 61.1 Å². The third-order valence-electron chi connectivity index (χ3n) is 5.36. The van der Waals surface area contributed by atoms with Crippen LogP contribution < -0.4 is 10.2 Å². The Kier molecular flexibility index (Phi) is 6.35. The molecule has 1 saturated heterocycles. The summed E-state index contributed by atoms with van der Waals surface area (Å²) in [4.78, 5) is 14.9. The number of carbonyl (C=O) groups is 1. The van der Waals surface area contributed by atoms with Gasteiger partial charge < -0.3 is 15.0 Å². The van der Waals surface area contributed by atoms with Crippen LogP contribution in [0.3, 0.4) is 0 Å². The van der Waals surface area contributed by atoms with Crippen LogP contribution >= 0.6 is 0 Å². The number of ether oxygens (including phenoxy) is 1. The molecule has 1 N–H and O–H groups in total. The molecule has 1 aliphatic rings. The summed E-state index contributed by atoms with van der Waals surface area (Å²) in [6, 6.07) is 21.6. The maximum Gasteiger partial charge on any atom is 0.231 e. The largest absolute Gasteiger partial charge is 0.378 e. The Balaban J connectivity index is 1.42. The highest BCUT2D eigenvalue weighted by atomic mass is 16.5. The molecular weight excluding hydrogens is 376 g/mol. The van der Waals surface area contributed by atoms with Crippen LogP contribution in [-0.2, 0) is 9.53 Å². The van der Waals surface area contributed by atoms with Gasteiger partial charge in [0.1, 0.15) is 0 Å². The number of benzene rings is 2. The van der Waals surface area contributed by atoms with Crippen molar-refractivity contribution in [3.8, 4) is 11.3 Å². The van der Waals surface area contributed by atoms with E-state index in [1.807, 2.05) is 73.7 Å². The highest BCUT2D eigenvalue weighted by Crippen LogP contribution is 2.24.